The van der Waals surface area contributed by atoms with Gasteiger partial charge in [0.2, 0.25) is 0 Å². The average Bonchev–Trinajstić information content (AvgIpc) is 2.96. The number of rotatable bonds is 3. The molecule has 17 heavy (non-hydrogen) atoms. The van der Waals surface area contributed by atoms with E-state index in [1.165, 1.54) is 32.4 Å². The van der Waals surface area contributed by atoms with Gasteiger partial charge in [0.25, 0.3) is 0 Å². The van der Waals surface area contributed by atoms with E-state index in [-0.39, 0.29) is 0 Å². The predicted octanol–water partition coefficient (Wildman–Crippen LogP) is 2.30. The van der Waals surface area contributed by atoms with Crippen molar-refractivity contribution < 1.29 is 0 Å². The van der Waals surface area contributed by atoms with Crippen LogP contribution < -0.4 is 0 Å². The van der Waals surface area contributed by atoms with Gasteiger partial charge in [0.15, 0.2) is 4.77 Å². The summed E-state index contributed by atoms with van der Waals surface area (Å²) < 4.78 is 3.11. The molecule has 2 atom stereocenters. The first-order valence-electron chi connectivity index (χ1n) is 6.71. The molecule has 1 aromatic rings. The first-order chi connectivity index (χ1) is 8.31. The highest BCUT2D eigenvalue weighted by Crippen LogP contribution is 2.36. The molecule has 4 nitrogen and oxygen atoms in total. The van der Waals surface area contributed by atoms with E-state index in [9.17, 15) is 0 Å². The second-order valence-corrected chi connectivity index (χ2v) is 5.55. The molecule has 2 saturated heterocycles. The molecular formula is C12H20N4S. The predicted molar refractivity (Wildman–Crippen MR) is 69.7 cm³/mol. The highest BCUT2D eigenvalue weighted by atomic mass is 32.1. The third-order valence-electron chi connectivity index (χ3n) is 4.15. The number of hydrogen-bond donors (Lipinski definition) is 1. The molecule has 3 heterocycles. The van der Waals surface area contributed by atoms with Crippen LogP contribution in [-0.2, 0) is 6.42 Å². The van der Waals surface area contributed by atoms with E-state index in [0.29, 0.717) is 12.1 Å². The van der Waals surface area contributed by atoms with Crippen LogP contribution in [0.5, 0.6) is 0 Å². The normalized spacial score (nSPS) is 28.8. The highest BCUT2D eigenvalue weighted by molar-refractivity contribution is 7.71. The lowest BCUT2D eigenvalue weighted by molar-refractivity contribution is 0.286. The Morgan fingerprint density at radius 3 is 3.06 bits per heavy atom. The Morgan fingerprint density at radius 2 is 2.24 bits per heavy atom. The van der Waals surface area contributed by atoms with E-state index in [1.54, 1.807) is 0 Å². The van der Waals surface area contributed by atoms with E-state index in [2.05, 4.69) is 26.6 Å². The van der Waals surface area contributed by atoms with Gasteiger partial charge in [-0.25, -0.2) is 0 Å². The van der Waals surface area contributed by atoms with Gasteiger partial charge >= 0.3 is 0 Å². The molecule has 2 aliphatic rings. The summed E-state index contributed by atoms with van der Waals surface area (Å²) in [5.41, 5.74) is 0. The molecule has 0 bridgehead atoms. The minimum Gasteiger partial charge on any atom is -0.299 e. The van der Waals surface area contributed by atoms with Gasteiger partial charge in [-0.15, -0.1) is 0 Å². The molecule has 1 aromatic heterocycles. The molecule has 0 amide bonds. The molecular weight excluding hydrogens is 232 g/mol. The Hall–Kier alpha value is -0.680. The average molecular weight is 252 g/mol. The van der Waals surface area contributed by atoms with Crippen LogP contribution in [0.25, 0.3) is 0 Å². The van der Waals surface area contributed by atoms with Crippen molar-refractivity contribution in [1.82, 2.24) is 19.7 Å². The van der Waals surface area contributed by atoms with Crippen LogP contribution in [0.2, 0.25) is 0 Å². The number of aryl methyl sites for hydroxylation is 1. The first kappa shape index (κ1) is 11.4. The molecule has 0 aromatic carbocycles. The van der Waals surface area contributed by atoms with E-state index in [0.717, 1.165) is 23.4 Å². The quantitative estimate of drug-likeness (QED) is 0.839. The van der Waals surface area contributed by atoms with Crippen LogP contribution in [0.1, 0.15) is 44.5 Å². The van der Waals surface area contributed by atoms with Crippen LogP contribution in [0.3, 0.4) is 0 Å². The Kier molecular flexibility index (Phi) is 3.04. The van der Waals surface area contributed by atoms with Crippen LogP contribution in [0, 0.1) is 4.77 Å². The molecule has 2 aliphatic heterocycles. The standard InChI is InChI=1S/C12H20N4S/c1-2-4-11-13-14-12(17)16(11)10-6-8-15-7-3-5-9(10)15/h9-10H,2-8H2,1H3,(H,14,17). The molecule has 0 radical (unpaired) electrons. The largest absolute Gasteiger partial charge is 0.299 e. The molecule has 3 rings (SSSR count). The Labute approximate surface area is 107 Å². The van der Waals surface area contributed by atoms with Gasteiger partial charge in [0, 0.05) is 19.0 Å². The lowest BCUT2D eigenvalue weighted by Crippen LogP contribution is -2.28. The minimum atomic E-state index is 0.560. The summed E-state index contributed by atoms with van der Waals surface area (Å²) in [7, 11) is 0. The van der Waals surface area contributed by atoms with Gasteiger partial charge in [-0.1, -0.05) is 6.92 Å². The van der Waals surface area contributed by atoms with Crippen molar-refractivity contribution in [2.45, 2.75) is 51.1 Å². The van der Waals surface area contributed by atoms with E-state index < -0.39 is 0 Å². The van der Waals surface area contributed by atoms with Gasteiger partial charge in [-0.2, -0.15) is 5.10 Å². The maximum Gasteiger partial charge on any atom is 0.195 e. The van der Waals surface area contributed by atoms with Crippen LogP contribution in [0.4, 0.5) is 0 Å². The van der Waals surface area contributed by atoms with Crippen molar-refractivity contribution in [3.05, 3.63) is 10.6 Å². The molecule has 1 N–H and O–H groups in total. The number of H-pyrrole nitrogens is 1. The van der Waals surface area contributed by atoms with Crippen molar-refractivity contribution in [2.75, 3.05) is 13.1 Å². The van der Waals surface area contributed by atoms with E-state index >= 15 is 0 Å². The summed E-state index contributed by atoms with van der Waals surface area (Å²) in [5, 5.41) is 7.37. The third-order valence-corrected chi connectivity index (χ3v) is 4.44. The molecule has 0 aliphatic carbocycles. The summed E-state index contributed by atoms with van der Waals surface area (Å²) in [6.07, 6.45) is 6.05. The van der Waals surface area contributed by atoms with E-state index in [1.807, 2.05) is 0 Å². The van der Waals surface area contributed by atoms with Crippen molar-refractivity contribution in [3.63, 3.8) is 0 Å². The molecule has 0 spiro atoms. The van der Waals surface area contributed by atoms with Gasteiger partial charge < -0.3 is 0 Å². The first-order valence-corrected chi connectivity index (χ1v) is 7.12. The number of nitrogens with one attached hydrogen (secondary N) is 1. The zero-order valence-corrected chi connectivity index (χ0v) is 11.2. The summed E-state index contributed by atoms with van der Waals surface area (Å²) in [5.74, 6) is 1.15. The Balaban J connectivity index is 1.93. The van der Waals surface area contributed by atoms with Gasteiger partial charge in [0.05, 0.1) is 6.04 Å². The van der Waals surface area contributed by atoms with Crippen molar-refractivity contribution in [3.8, 4) is 0 Å². The zero-order valence-electron chi connectivity index (χ0n) is 10.4. The lowest BCUT2D eigenvalue weighted by atomic mass is 10.1. The Morgan fingerprint density at radius 1 is 1.35 bits per heavy atom. The fourth-order valence-electron chi connectivity index (χ4n) is 3.44. The molecule has 94 valence electrons. The number of aromatic nitrogens is 3. The smallest absolute Gasteiger partial charge is 0.195 e. The SMILES string of the molecule is CCCc1n[nH]c(=S)n1C1CCN2CCCC12. The molecule has 5 heteroatoms. The second kappa shape index (κ2) is 4.53. The Bertz CT molecular complexity index is 450. The number of fused-ring (bicyclic) bond motifs is 1. The summed E-state index contributed by atoms with van der Waals surface area (Å²) >= 11 is 5.41. The number of hydrogen-bond acceptors (Lipinski definition) is 3. The van der Waals surface area contributed by atoms with E-state index in [4.69, 9.17) is 12.2 Å². The van der Waals surface area contributed by atoms with Gasteiger partial charge in [0.1, 0.15) is 5.82 Å². The monoisotopic (exact) mass is 252 g/mol. The third kappa shape index (κ3) is 1.85. The number of aromatic amines is 1. The minimum absolute atomic E-state index is 0.560. The summed E-state index contributed by atoms with van der Waals surface area (Å²) in [4.78, 5) is 2.62. The van der Waals surface area contributed by atoms with Crippen LogP contribution in [0.15, 0.2) is 0 Å². The van der Waals surface area contributed by atoms with Crippen molar-refractivity contribution in [1.29, 1.82) is 0 Å². The maximum atomic E-state index is 5.41. The maximum absolute atomic E-state index is 5.41. The summed E-state index contributed by atoms with van der Waals surface area (Å²) in [6, 6.07) is 1.26. The van der Waals surface area contributed by atoms with Gasteiger partial charge in [-0.05, 0) is 44.4 Å². The summed E-state index contributed by atoms with van der Waals surface area (Å²) in [6.45, 7) is 4.70. The fourth-order valence-corrected chi connectivity index (χ4v) is 3.72. The fraction of sp³-hybridized carbons (Fsp3) is 0.833. The van der Waals surface area contributed by atoms with Crippen LogP contribution >= 0.6 is 12.2 Å². The highest BCUT2D eigenvalue weighted by Gasteiger charge is 2.39. The molecule has 2 fully saturated rings. The molecule has 0 saturated carbocycles. The van der Waals surface area contributed by atoms with Crippen molar-refractivity contribution >= 4 is 12.2 Å². The molecule has 2 unspecified atom stereocenters. The van der Waals surface area contributed by atoms with Gasteiger partial charge in [-0.3, -0.25) is 14.6 Å². The number of nitrogens with zero attached hydrogens (tertiary/aromatic N) is 3. The topological polar surface area (TPSA) is 36.9 Å². The van der Waals surface area contributed by atoms with Crippen molar-refractivity contribution in [2.24, 2.45) is 0 Å². The zero-order chi connectivity index (χ0) is 11.8. The van der Waals surface area contributed by atoms with Crippen LogP contribution in [-0.4, -0.2) is 38.8 Å². The lowest BCUT2D eigenvalue weighted by Gasteiger charge is -2.22. The second-order valence-electron chi connectivity index (χ2n) is 5.17.